The molecular weight excluding hydrogens is 258 g/mol. The van der Waals surface area contributed by atoms with Crippen molar-refractivity contribution in [1.29, 1.82) is 0 Å². The highest BCUT2D eigenvalue weighted by Crippen LogP contribution is 2.19. The molecule has 1 heterocycles. The van der Waals surface area contributed by atoms with Gasteiger partial charge in [-0.15, -0.1) is 0 Å². The van der Waals surface area contributed by atoms with Crippen molar-refractivity contribution < 1.29 is 19.1 Å². The zero-order valence-electron chi connectivity index (χ0n) is 11.6. The molecule has 106 valence electrons. The fourth-order valence-corrected chi connectivity index (χ4v) is 2.33. The number of Topliss-reactive ketones (excluding diaryl/α,β-unsaturated/α-hetero) is 2. The van der Waals surface area contributed by atoms with Crippen molar-refractivity contribution in [3.05, 3.63) is 29.8 Å². The lowest BCUT2D eigenvalue weighted by molar-refractivity contribution is -0.150. The molecule has 0 radical (unpaired) electrons. The first-order valence-corrected chi connectivity index (χ1v) is 6.48. The minimum Gasteiger partial charge on any atom is -0.497 e. The van der Waals surface area contributed by atoms with Gasteiger partial charge in [-0.1, -0.05) is 12.1 Å². The lowest BCUT2D eigenvalue weighted by Crippen LogP contribution is -2.48. The first-order chi connectivity index (χ1) is 9.52. The number of nitrogens with zero attached hydrogens (tertiary/aromatic N) is 1. The minimum atomic E-state index is -1.11. The Bertz CT molecular complexity index is 535. The number of ether oxygens (including phenoxy) is 1. The summed E-state index contributed by atoms with van der Waals surface area (Å²) in [7, 11) is 1.59. The quantitative estimate of drug-likeness (QED) is 0.775. The number of methoxy groups -OCH3 is 1. The van der Waals surface area contributed by atoms with Gasteiger partial charge in [0.1, 0.15) is 11.5 Å². The van der Waals surface area contributed by atoms with Gasteiger partial charge in [-0.25, -0.2) is 0 Å². The zero-order valence-corrected chi connectivity index (χ0v) is 11.6. The van der Waals surface area contributed by atoms with Gasteiger partial charge in [0, 0.05) is 19.5 Å². The van der Waals surface area contributed by atoms with E-state index in [-0.39, 0.29) is 23.9 Å². The number of carbonyl (C=O) groups is 3. The van der Waals surface area contributed by atoms with Gasteiger partial charge in [0.2, 0.25) is 5.91 Å². The molecule has 1 aromatic carbocycles. The third-order valence-electron chi connectivity index (χ3n) is 3.45. The Morgan fingerprint density at radius 3 is 2.50 bits per heavy atom. The van der Waals surface area contributed by atoms with Crippen molar-refractivity contribution in [3.63, 3.8) is 0 Å². The van der Waals surface area contributed by atoms with E-state index in [0.717, 1.165) is 11.3 Å². The summed E-state index contributed by atoms with van der Waals surface area (Å²) in [4.78, 5) is 36.8. The predicted octanol–water partition coefficient (Wildman–Crippen LogP) is 1.20. The van der Waals surface area contributed by atoms with Gasteiger partial charge < -0.3 is 9.64 Å². The highest BCUT2D eigenvalue weighted by Gasteiger charge is 2.38. The number of rotatable bonds is 4. The Morgan fingerprint density at radius 1 is 1.30 bits per heavy atom. The molecule has 1 saturated heterocycles. The molecule has 20 heavy (non-hydrogen) atoms. The lowest BCUT2D eigenvalue weighted by Gasteiger charge is -2.30. The topological polar surface area (TPSA) is 63.7 Å². The summed E-state index contributed by atoms with van der Waals surface area (Å²) in [5, 5.41) is 0. The molecule has 1 unspecified atom stereocenters. The Morgan fingerprint density at radius 2 is 1.95 bits per heavy atom. The Kier molecular flexibility index (Phi) is 4.17. The Labute approximate surface area is 117 Å². The lowest BCUT2D eigenvalue weighted by atomic mass is 9.92. The third-order valence-corrected chi connectivity index (χ3v) is 3.45. The molecule has 0 spiro atoms. The van der Waals surface area contributed by atoms with Crippen LogP contribution in [0.2, 0.25) is 0 Å². The second-order valence-electron chi connectivity index (χ2n) is 4.87. The molecular formula is C15H17NO4. The summed E-state index contributed by atoms with van der Waals surface area (Å²) < 4.78 is 5.07. The van der Waals surface area contributed by atoms with E-state index in [1.54, 1.807) is 12.0 Å². The maximum atomic E-state index is 12.2. The van der Waals surface area contributed by atoms with E-state index in [4.69, 9.17) is 4.74 Å². The smallest absolute Gasteiger partial charge is 0.241 e. The first kappa shape index (κ1) is 14.2. The van der Waals surface area contributed by atoms with E-state index in [1.165, 1.54) is 6.92 Å². The average Bonchev–Trinajstić information content (AvgIpc) is 2.42. The standard InChI is InChI=1S/C15H17NO4/c1-10(17)14-13(18)7-8-16(15(14)19)9-11-3-5-12(20-2)6-4-11/h3-6,14H,7-9H2,1-2H3. The fourth-order valence-electron chi connectivity index (χ4n) is 2.33. The number of ketones is 2. The second-order valence-corrected chi connectivity index (χ2v) is 4.87. The number of likely N-dealkylation sites (tertiary alicyclic amines) is 1. The molecule has 5 heteroatoms. The van der Waals surface area contributed by atoms with E-state index in [9.17, 15) is 14.4 Å². The predicted molar refractivity (Wildman–Crippen MR) is 72.2 cm³/mol. The van der Waals surface area contributed by atoms with Crippen LogP contribution in [0.4, 0.5) is 0 Å². The molecule has 0 bridgehead atoms. The number of carbonyl (C=O) groups excluding carboxylic acids is 3. The molecule has 1 fully saturated rings. The average molecular weight is 275 g/mol. The van der Waals surface area contributed by atoms with Crippen molar-refractivity contribution in [3.8, 4) is 5.75 Å². The van der Waals surface area contributed by atoms with Crippen LogP contribution in [0.15, 0.2) is 24.3 Å². The summed E-state index contributed by atoms with van der Waals surface area (Å²) in [6.07, 6.45) is 0.242. The first-order valence-electron chi connectivity index (χ1n) is 6.48. The second kappa shape index (κ2) is 5.86. The molecule has 1 amide bonds. The third kappa shape index (κ3) is 2.87. The summed E-state index contributed by atoms with van der Waals surface area (Å²) >= 11 is 0. The van der Waals surface area contributed by atoms with Crippen molar-refractivity contribution >= 4 is 17.5 Å². The summed E-state index contributed by atoms with van der Waals surface area (Å²) in [6, 6.07) is 7.37. The molecule has 1 aliphatic heterocycles. The van der Waals surface area contributed by atoms with Crippen LogP contribution in [-0.4, -0.2) is 36.0 Å². The van der Waals surface area contributed by atoms with Crippen molar-refractivity contribution in [2.45, 2.75) is 19.9 Å². The SMILES string of the molecule is COc1ccc(CN2CCC(=O)C(C(C)=O)C2=O)cc1. The van der Waals surface area contributed by atoms with Crippen LogP contribution < -0.4 is 4.74 Å². The van der Waals surface area contributed by atoms with E-state index < -0.39 is 5.92 Å². The Balaban J connectivity index is 2.10. The normalized spacial score (nSPS) is 19.1. The molecule has 1 aromatic rings. The van der Waals surface area contributed by atoms with Crippen LogP contribution in [0.3, 0.4) is 0 Å². The van der Waals surface area contributed by atoms with E-state index in [2.05, 4.69) is 0 Å². The van der Waals surface area contributed by atoms with Crippen molar-refractivity contribution in [1.82, 2.24) is 4.90 Å². The number of hydrogen-bond donors (Lipinski definition) is 0. The molecule has 1 aliphatic rings. The number of piperidine rings is 1. The van der Waals surface area contributed by atoms with Crippen LogP contribution in [0.1, 0.15) is 18.9 Å². The number of benzene rings is 1. The minimum absolute atomic E-state index is 0.242. The summed E-state index contributed by atoms with van der Waals surface area (Å²) in [6.45, 7) is 2.06. The molecule has 0 N–H and O–H groups in total. The van der Waals surface area contributed by atoms with Gasteiger partial charge in [-0.3, -0.25) is 14.4 Å². The monoisotopic (exact) mass is 275 g/mol. The van der Waals surface area contributed by atoms with Gasteiger partial charge in [0.25, 0.3) is 0 Å². The van der Waals surface area contributed by atoms with Crippen molar-refractivity contribution in [2.75, 3.05) is 13.7 Å². The largest absolute Gasteiger partial charge is 0.497 e. The van der Waals surface area contributed by atoms with Crippen molar-refractivity contribution in [2.24, 2.45) is 5.92 Å². The molecule has 1 atom stereocenters. The van der Waals surface area contributed by atoms with E-state index in [0.29, 0.717) is 13.1 Å². The van der Waals surface area contributed by atoms with Crippen LogP contribution in [0, 0.1) is 5.92 Å². The molecule has 0 aromatic heterocycles. The molecule has 2 rings (SSSR count). The zero-order chi connectivity index (χ0) is 14.7. The highest BCUT2D eigenvalue weighted by atomic mass is 16.5. The van der Waals surface area contributed by atoms with Crippen LogP contribution in [-0.2, 0) is 20.9 Å². The van der Waals surface area contributed by atoms with Crippen LogP contribution in [0.5, 0.6) is 5.75 Å². The van der Waals surface area contributed by atoms with Gasteiger partial charge in [0.15, 0.2) is 11.7 Å². The fraction of sp³-hybridized carbons (Fsp3) is 0.400. The number of hydrogen-bond acceptors (Lipinski definition) is 4. The maximum absolute atomic E-state index is 12.2. The van der Waals surface area contributed by atoms with Gasteiger partial charge in [0.05, 0.1) is 7.11 Å². The van der Waals surface area contributed by atoms with Gasteiger partial charge in [-0.2, -0.15) is 0 Å². The van der Waals surface area contributed by atoms with Crippen LogP contribution in [0.25, 0.3) is 0 Å². The summed E-state index contributed by atoms with van der Waals surface area (Å²) in [5.74, 6) is -1.39. The van der Waals surface area contributed by atoms with Gasteiger partial charge >= 0.3 is 0 Å². The Hall–Kier alpha value is -2.17. The number of amides is 1. The van der Waals surface area contributed by atoms with Gasteiger partial charge in [-0.05, 0) is 24.6 Å². The van der Waals surface area contributed by atoms with E-state index in [1.807, 2.05) is 24.3 Å². The van der Waals surface area contributed by atoms with Crippen LogP contribution >= 0.6 is 0 Å². The summed E-state index contributed by atoms with van der Waals surface area (Å²) in [5.41, 5.74) is 0.941. The molecule has 5 nitrogen and oxygen atoms in total. The highest BCUT2D eigenvalue weighted by molar-refractivity contribution is 6.19. The molecule has 0 saturated carbocycles. The molecule has 0 aliphatic carbocycles. The van der Waals surface area contributed by atoms with E-state index >= 15 is 0 Å². The maximum Gasteiger partial charge on any atom is 0.241 e.